The number of ether oxygens (including phenoxy) is 1. The third-order valence-electron chi connectivity index (χ3n) is 3.29. The van der Waals surface area contributed by atoms with E-state index in [1.807, 2.05) is 6.07 Å². The van der Waals surface area contributed by atoms with Crippen molar-refractivity contribution >= 4 is 0 Å². The van der Waals surface area contributed by atoms with E-state index in [1.54, 1.807) is 19.2 Å². The Hall–Kier alpha value is -2.08. The zero-order chi connectivity index (χ0) is 13.7. The number of methoxy groups -OCH3 is 1. The summed E-state index contributed by atoms with van der Waals surface area (Å²) in [6.07, 6.45) is 0. The highest BCUT2D eigenvalue weighted by molar-refractivity contribution is 5.42. The molecule has 1 aliphatic heterocycles. The predicted octanol–water partition coefficient (Wildman–Crippen LogP) is 0.864. The van der Waals surface area contributed by atoms with Crippen molar-refractivity contribution < 1.29 is 4.74 Å². The predicted molar refractivity (Wildman–Crippen MR) is 70.4 cm³/mol. The normalized spacial score (nSPS) is 19.4. The summed E-state index contributed by atoms with van der Waals surface area (Å²) in [5.74, 6) is 0.759. The van der Waals surface area contributed by atoms with Crippen molar-refractivity contribution in [3.8, 4) is 17.9 Å². The first-order valence-corrected chi connectivity index (χ1v) is 6.20. The van der Waals surface area contributed by atoms with E-state index in [0.717, 1.165) is 24.4 Å². The molecule has 1 fully saturated rings. The van der Waals surface area contributed by atoms with Gasteiger partial charge in [0, 0.05) is 31.7 Å². The van der Waals surface area contributed by atoms with Crippen molar-refractivity contribution in [3.05, 3.63) is 29.3 Å². The van der Waals surface area contributed by atoms with E-state index >= 15 is 0 Å². The summed E-state index contributed by atoms with van der Waals surface area (Å²) in [5, 5.41) is 21.3. The molecule has 0 spiro atoms. The monoisotopic (exact) mass is 256 g/mol. The van der Waals surface area contributed by atoms with E-state index in [0.29, 0.717) is 18.7 Å². The molecule has 19 heavy (non-hydrogen) atoms. The van der Waals surface area contributed by atoms with Crippen LogP contribution >= 0.6 is 0 Å². The fourth-order valence-corrected chi connectivity index (χ4v) is 2.25. The van der Waals surface area contributed by atoms with E-state index in [1.165, 1.54) is 0 Å². The second-order valence-electron chi connectivity index (χ2n) is 4.46. The Kier molecular flexibility index (Phi) is 4.35. The zero-order valence-electron chi connectivity index (χ0n) is 10.9. The molecule has 2 rings (SSSR count). The van der Waals surface area contributed by atoms with Crippen LogP contribution in [-0.4, -0.2) is 37.7 Å². The van der Waals surface area contributed by atoms with Crippen LogP contribution in [0.5, 0.6) is 5.75 Å². The van der Waals surface area contributed by atoms with Crippen molar-refractivity contribution in [2.45, 2.75) is 12.6 Å². The maximum Gasteiger partial charge on any atom is 0.123 e. The van der Waals surface area contributed by atoms with Crippen LogP contribution in [0.2, 0.25) is 0 Å². The van der Waals surface area contributed by atoms with Crippen molar-refractivity contribution in [2.24, 2.45) is 0 Å². The lowest BCUT2D eigenvalue weighted by Gasteiger charge is -2.32. The first kappa shape index (κ1) is 13.4. The molecule has 1 atom stereocenters. The van der Waals surface area contributed by atoms with Gasteiger partial charge in [-0.15, -0.1) is 0 Å². The number of rotatable bonds is 3. The minimum Gasteiger partial charge on any atom is -0.496 e. The Bertz CT molecular complexity index is 529. The molecular weight excluding hydrogens is 240 g/mol. The largest absolute Gasteiger partial charge is 0.496 e. The molecule has 0 amide bonds. The summed E-state index contributed by atoms with van der Waals surface area (Å²) >= 11 is 0. The Morgan fingerprint density at radius 2 is 2.32 bits per heavy atom. The minimum absolute atomic E-state index is 0.135. The van der Waals surface area contributed by atoms with Crippen LogP contribution in [0.25, 0.3) is 0 Å². The molecule has 1 unspecified atom stereocenters. The second-order valence-corrected chi connectivity index (χ2v) is 4.46. The molecule has 0 radical (unpaired) electrons. The summed E-state index contributed by atoms with van der Waals surface area (Å²) < 4.78 is 5.32. The van der Waals surface area contributed by atoms with Crippen LogP contribution < -0.4 is 10.1 Å². The van der Waals surface area contributed by atoms with Gasteiger partial charge in [0.1, 0.15) is 11.8 Å². The lowest BCUT2D eigenvalue weighted by molar-refractivity contribution is 0.187. The molecule has 5 nitrogen and oxygen atoms in total. The first-order valence-electron chi connectivity index (χ1n) is 6.20. The molecular formula is C14H16N4O. The number of nitrogens with one attached hydrogen (secondary N) is 1. The van der Waals surface area contributed by atoms with Gasteiger partial charge in [0.15, 0.2) is 0 Å². The molecule has 0 saturated carbocycles. The quantitative estimate of drug-likeness (QED) is 0.868. The van der Waals surface area contributed by atoms with E-state index in [9.17, 15) is 0 Å². The molecule has 0 aliphatic carbocycles. The average molecular weight is 256 g/mol. The highest BCUT2D eigenvalue weighted by Gasteiger charge is 2.22. The van der Waals surface area contributed by atoms with Gasteiger partial charge in [0.2, 0.25) is 0 Å². The third-order valence-corrected chi connectivity index (χ3v) is 3.29. The van der Waals surface area contributed by atoms with Gasteiger partial charge in [-0.1, -0.05) is 0 Å². The van der Waals surface area contributed by atoms with Gasteiger partial charge >= 0.3 is 0 Å². The van der Waals surface area contributed by atoms with Crippen molar-refractivity contribution in [3.63, 3.8) is 0 Å². The number of piperazine rings is 1. The smallest absolute Gasteiger partial charge is 0.123 e. The number of hydrogen-bond acceptors (Lipinski definition) is 5. The summed E-state index contributed by atoms with van der Waals surface area (Å²) in [4.78, 5) is 2.11. The van der Waals surface area contributed by atoms with E-state index in [2.05, 4.69) is 22.4 Å². The van der Waals surface area contributed by atoms with E-state index in [-0.39, 0.29) is 6.04 Å². The minimum atomic E-state index is -0.135. The van der Waals surface area contributed by atoms with Crippen LogP contribution in [0.1, 0.15) is 11.1 Å². The van der Waals surface area contributed by atoms with Gasteiger partial charge in [0.25, 0.3) is 0 Å². The highest BCUT2D eigenvalue weighted by Crippen LogP contribution is 2.22. The van der Waals surface area contributed by atoms with Crippen molar-refractivity contribution in [1.82, 2.24) is 10.2 Å². The Morgan fingerprint density at radius 3 is 3.00 bits per heavy atom. The molecule has 1 aliphatic rings. The van der Waals surface area contributed by atoms with E-state index in [4.69, 9.17) is 15.3 Å². The molecule has 1 aromatic rings. The lowest BCUT2D eigenvalue weighted by atomic mass is 10.1. The molecule has 1 heterocycles. The Balaban J connectivity index is 2.22. The SMILES string of the molecule is COc1ccc(C#N)cc1CN1CCNCC1C#N. The Morgan fingerprint density at radius 1 is 1.47 bits per heavy atom. The van der Waals surface area contributed by atoms with Crippen molar-refractivity contribution in [2.75, 3.05) is 26.7 Å². The first-order chi connectivity index (χ1) is 9.28. The molecule has 0 bridgehead atoms. The van der Waals surface area contributed by atoms with Gasteiger partial charge in [-0.25, -0.2) is 0 Å². The van der Waals surface area contributed by atoms with Crippen molar-refractivity contribution in [1.29, 1.82) is 10.5 Å². The fraction of sp³-hybridized carbons (Fsp3) is 0.429. The summed E-state index contributed by atoms with van der Waals surface area (Å²) in [6.45, 7) is 2.99. The average Bonchev–Trinajstić information content (AvgIpc) is 2.47. The van der Waals surface area contributed by atoms with Crippen LogP contribution in [0, 0.1) is 22.7 Å². The summed E-state index contributed by atoms with van der Waals surface area (Å²) in [7, 11) is 1.62. The van der Waals surface area contributed by atoms with E-state index < -0.39 is 0 Å². The maximum atomic E-state index is 9.15. The molecule has 98 valence electrons. The third kappa shape index (κ3) is 3.03. The Labute approximate surface area is 113 Å². The highest BCUT2D eigenvalue weighted by atomic mass is 16.5. The number of nitrogens with zero attached hydrogens (tertiary/aromatic N) is 3. The zero-order valence-corrected chi connectivity index (χ0v) is 10.9. The summed E-state index contributed by atoms with van der Waals surface area (Å²) in [5.41, 5.74) is 1.56. The van der Waals surface area contributed by atoms with Gasteiger partial charge < -0.3 is 10.1 Å². The molecule has 0 aromatic heterocycles. The van der Waals surface area contributed by atoms with Crippen LogP contribution in [0.3, 0.4) is 0 Å². The maximum absolute atomic E-state index is 9.15. The summed E-state index contributed by atoms with van der Waals surface area (Å²) in [6, 6.07) is 9.66. The molecule has 1 N–H and O–H groups in total. The molecule has 1 aromatic carbocycles. The molecule has 1 saturated heterocycles. The number of benzene rings is 1. The molecule has 5 heteroatoms. The number of hydrogen-bond donors (Lipinski definition) is 1. The van der Waals surface area contributed by atoms with Gasteiger partial charge in [-0.2, -0.15) is 10.5 Å². The number of nitriles is 2. The van der Waals surface area contributed by atoms with Gasteiger partial charge in [-0.05, 0) is 18.2 Å². The lowest BCUT2D eigenvalue weighted by Crippen LogP contribution is -2.50. The van der Waals surface area contributed by atoms with Gasteiger partial charge in [0.05, 0.1) is 24.8 Å². The standard InChI is InChI=1S/C14H16N4O/c1-19-14-3-2-11(7-15)6-12(14)10-18-5-4-17-9-13(18)8-16/h2-3,6,13,17H,4-5,9-10H2,1H3. The van der Waals surface area contributed by atoms with Gasteiger partial charge in [-0.3, -0.25) is 4.90 Å². The van der Waals surface area contributed by atoms with Crippen LogP contribution in [-0.2, 0) is 6.54 Å². The van der Waals surface area contributed by atoms with Crippen LogP contribution in [0.15, 0.2) is 18.2 Å². The van der Waals surface area contributed by atoms with Crippen LogP contribution in [0.4, 0.5) is 0 Å². The fourth-order valence-electron chi connectivity index (χ4n) is 2.25. The topological polar surface area (TPSA) is 72.1 Å². The second kappa shape index (κ2) is 6.19.